The predicted molar refractivity (Wildman–Crippen MR) is 85.9 cm³/mol. The Labute approximate surface area is 124 Å². The van der Waals surface area contributed by atoms with Gasteiger partial charge in [0.25, 0.3) is 0 Å². The van der Waals surface area contributed by atoms with Crippen LogP contribution in [0.15, 0.2) is 51.9 Å². The third kappa shape index (κ3) is 2.85. The molecule has 0 bridgehead atoms. The molecule has 2 aromatic carbocycles. The van der Waals surface area contributed by atoms with Gasteiger partial charge >= 0.3 is 0 Å². The first kappa shape index (κ1) is 13.4. The summed E-state index contributed by atoms with van der Waals surface area (Å²) in [6.45, 7) is 2.08. The Morgan fingerprint density at radius 1 is 0.944 bits per heavy atom. The number of hydrogen-bond acceptors (Lipinski definition) is 1. The number of halogens is 2. The highest BCUT2D eigenvalue weighted by atomic mass is 79.9. The van der Waals surface area contributed by atoms with Gasteiger partial charge in [0.05, 0.1) is 3.39 Å². The molecule has 0 saturated carbocycles. The summed E-state index contributed by atoms with van der Waals surface area (Å²) in [5.41, 5.74) is 11.3. The van der Waals surface area contributed by atoms with E-state index in [0.29, 0.717) is 0 Å². The number of hydrogen-bond donors (Lipinski definition) is 1. The summed E-state index contributed by atoms with van der Waals surface area (Å²) in [4.78, 5) is 0. The lowest BCUT2D eigenvalue weighted by Gasteiger charge is -2.12. The second kappa shape index (κ2) is 5.72. The molecule has 1 nitrogen and oxygen atoms in total. The van der Waals surface area contributed by atoms with Crippen molar-refractivity contribution in [3.63, 3.8) is 0 Å². The van der Waals surface area contributed by atoms with Crippen LogP contribution < -0.4 is 5.73 Å². The lowest BCUT2D eigenvalue weighted by Crippen LogP contribution is -1.95. The summed E-state index contributed by atoms with van der Waals surface area (Å²) < 4.78 is 0.900. The minimum Gasteiger partial charge on any atom is -0.398 e. The van der Waals surface area contributed by atoms with Crippen LogP contribution in [0, 0.1) is 6.92 Å². The summed E-state index contributed by atoms with van der Waals surface area (Å²) in [6.07, 6.45) is 0. The number of para-hydroxylation sites is 1. The number of nitrogens with two attached hydrogens (primary N) is 1. The van der Waals surface area contributed by atoms with Crippen molar-refractivity contribution in [2.75, 3.05) is 5.73 Å². The van der Waals surface area contributed by atoms with Crippen molar-refractivity contribution < 1.29 is 0 Å². The zero-order chi connectivity index (χ0) is 13.1. The molecule has 92 valence electrons. The molecule has 2 rings (SSSR count). The number of benzene rings is 2. The molecule has 18 heavy (non-hydrogen) atoms. The summed E-state index contributed by atoms with van der Waals surface area (Å²) in [5.74, 6) is 0. The average molecular weight is 367 g/mol. The van der Waals surface area contributed by atoms with E-state index in [4.69, 9.17) is 5.73 Å². The predicted octanol–water partition coefficient (Wildman–Crippen LogP) is 5.08. The topological polar surface area (TPSA) is 26.0 Å². The molecular weight excluding hydrogens is 354 g/mol. The van der Waals surface area contributed by atoms with Crippen LogP contribution in [0.5, 0.6) is 0 Å². The molecule has 0 radical (unpaired) electrons. The van der Waals surface area contributed by atoms with Gasteiger partial charge in [-0.05, 0) is 50.4 Å². The van der Waals surface area contributed by atoms with Crippen LogP contribution in [0.25, 0.3) is 5.57 Å². The Morgan fingerprint density at radius 2 is 1.56 bits per heavy atom. The van der Waals surface area contributed by atoms with Gasteiger partial charge in [0, 0.05) is 16.8 Å². The molecule has 0 aliphatic carbocycles. The average Bonchev–Trinajstić information content (AvgIpc) is 2.34. The Kier molecular flexibility index (Phi) is 4.25. The van der Waals surface area contributed by atoms with E-state index < -0.39 is 0 Å². The van der Waals surface area contributed by atoms with Gasteiger partial charge in [-0.1, -0.05) is 48.0 Å². The van der Waals surface area contributed by atoms with Gasteiger partial charge in [0.2, 0.25) is 0 Å². The van der Waals surface area contributed by atoms with Crippen LogP contribution in [-0.4, -0.2) is 0 Å². The maximum absolute atomic E-state index is 6.05. The standard InChI is InChI=1S/C15H13Br2N/c1-10-6-8-11(9-7-10)14(15(16)17)12-4-2-3-5-13(12)18/h2-9H,18H2,1H3. The van der Waals surface area contributed by atoms with Crippen LogP contribution in [0.2, 0.25) is 0 Å². The highest BCUT2D eigenvalue weighted by Crippen LogP contribution is 2.35. The molecule has 0 aliphatic heterocycles. The van der Waals surface area contributed by atoms with Crippen molar-refractivity contribution in [2.24, 2.45) is 0 Å². The van der Waals surface area contributed by atoms with Gasteiger partial charge < -0.3 is 5.73 Å². The molecule has 3 heteroatoms. The number of nitrogen functional groups attached to an aromatic ring is 1. The van der Waals surface area contributed by atoms with Crippen LogP contribution >= 0.6 is 31.9 Å². The van der Waals surface area contributed by atoms with E-state index in [2.05, 4.69) is 63.0 Å². The van der Waals surface area contributed by atoms with E-state index in [0.717, 1.165) is 25.8 Å². The van der Waals surface area contributed by atoms with Crippen molar-refractivity contribution in [2.45, 2.75) is 6.92 Å². The molecule has 0 fully saturated rings. The Bertz CT molecular complexity index is 582. The molecule has 2 aromatic rings. The first-order valence-corrected chi connectivity index (χ1v) is 7.15. The molecule has 0 unspecified atom stereocenters. The molecular formula is C15H13Br2N. The highest BCUT2D eigenvalue weighted by molar-refractivity contribution is 9.28. The van der Waals surface area contributed by atoms with Gasteiger partial charge in [-0.2, -0.15) is 0 Å². The molecule has 0 heterocycles. The molecule has 0 spiro atoms. The van der Waals surface area contributed by atoms with Gasteiger partial charge in [-0.15, -0.1) is 0 Å². The molecule has 0 atom stereocenters. The summed E-state index contributed by atoms with van der Waals surface area (Å²) in [6, 6.07) is 16.2. The monoisotopic (exact) mass is 365 g/mol. The summed E-state index contributed by atoms with van der Waals surface area (Å²) >= 11 is 7.02. The van der Waals surface area contributed by atoms with Gasteiger partial charge in [0.15, 0.2) is 0 Å². The Balaban J connectivity index is 2.59. The minimum absolute atomic E-state index is 0.768. The van der Waals surface area contributed by atoms with E-state index in [1.807, 2.05) is 24.3 Å². The molecule has 0 amide bonds. The smallest absolute Gasteiger partial charge is 0.0689 e. The maximum atomic E-state index is 6.05. The second-order valence-electron chi connectivity index (χ2n) is 4.09. The van der Waals surface area contributed by atoms with E-state index in [1.54, 1.807) is 0 Å². The van der Waals surface area contributed by atoms with Gasteiger partial charge in [0.1, 0.15) is 0 Å². The minimum atomic E-state index is 0.768. The maximum Gasteiger partial charge on any atom is 0.0689 e. The molecule has 0 aliphatic rings. The lowest BCUT2D eigenvalue weighted by atomic mass is 9.97. The third-order valence-electron chi connectivity index (χ3n) is 2.76. The normalized spacial score (nSPS) is 10.2. The van der Waals surface area contributed by atoms with Crippen LogP contribution in [0.3, 0.4) is 0 Å². The van der Waals surface area contributed by atoms with Crippen LogP contribution in [0.1, 0.15) is 16.7 Å². The number of rotatable bonds is 2. The van der Waals surface area contributed by atoms with Crippen molar-refractivity contribution in [1.82, 2.24) is 0 Å². The zero-order valence-electron chi connectivity index (χ0n) is 9.95. The van der Waals surface area contributed by atoms with Gasteiger partial charge in [-0.25, -0.2) is 0 Å². The van der Waals surface area contributed by atoms with Crippen LogP contribution in [-0.2, 0) is 0 Å². The SMILES string of the molecule is Cc1ccc(C(=C(Br)Br)c2ccccc2N)cc1. The Hall–Kier alpha value is -1.06. The molecule has 2 N–H and O–H groups in total. The van der Waals surface area contributed by atoms with Crippen molar-refractivity contribution in [1.29, 1.82) is 0 Å². The first-order chi connectivity index (χ1) is 8.59. The van der Waals surface area contributed by atoms with Crippen molar-refractivity contribution in [3.8, 4) is 0 Å². The zero-order valence-corrected chi connectivity index (χ0v) is 13.1. The molecule has 0 aromatic heterocycles. The fraction of sp³-hybridized carbons (Fsp3) is 0.0667. The van der Waals surface area contributed by atoms with E-state index in [-0.39, 0.29) is 0 Å². The van der Waals surface area contributed by atoms with Crippen molar-refractivity contribution >= 4 is 43.1 Å². The fourth-order valence-electron chi connectivity index (χ4n) is 1.81. The number of anilines is 1. The van der Waals surface area contributed by atoms with Crippen molar-refractivity contribution in [3.05, 3.63) is 68.6 Å². The number of aryl methyl sites for hydroxylation is 1. The van der Waals surface area contributed by atoms with E-state index in [1.165, 1.54) is 5.56 Å². The quantitative estimate of drug-likeness (QED) is 0.736. The fourth-order valence-corrected chi connectivity index (χ4v) is 2.70. The lowest BCUT2D eigenvalue weighted by molar-refractivity contribution is 1.45. The first-order valence-electron chi connectivity index (χ1n) is 5.57. The van der Waals surface area contributed by atoms with Gasteiger partial charge in [-0.3, -0.25) is 0 Å². The second-order valence-corrected chi connectivity index (χ2v) is 6.74. The summed E-state index contributed by atoms with van der Waals surface area (Å²) in [7, 11) is 0. The summed E-state index contributed by atoms with van der Waals surface area (Å²) in [5, 5.41) is 0. The third-order valence-corrected chi connectivity index (χ3v) is 3.55. The van der Waals surface area contributed by atoms with Crippen LogP contribution in [0.4, 0.5) is 5.69 Å². The largest absolute Gasteiger partial charge is 0.398 e. The van der Waals surface area contributed by atoms with E-state index >= 15 is 0 Å². The highest BCUT2D eigenvalue weighted by Gasteiger charge is 2.11. The van der Waals surface area contributed by atoms with E-state index in [9.17, 15) is 0 Å². The molecule has 0 saturated heterocycles. The Morgan fingerprint density at radius 3 is 2.11 bits per heavy atom.